The largest absolute Gasteiger partial charge is 0.495 e. The van der Waals surface area contributed by atoms with Crippen molar-refractivity contribution in [2.75, 3.05) is 21.9 Å². The van der Waals surface area contributed by atoms with E-state index in [1.807, 2.05) is 19.1 Å². The molecule has 3 aromatic rings. The van der Waals surface area contributed by atoms with Gasteiger partial charge in [0.25, 0.3) is 10.0 Å². The molecule has 170 valence electrons. The second-order valence-corrected chi connectivity index (χ2v) is 12.6. The van der Waals surface area contributed by atoms with Crippen molar-refractivity contribution in [3.63, 3.8) is 0 Å². The van der Waals surface area contributed by atoms with Gasteiger partial charge in [0.05, 0.1) is 34.2 Å². The number of nitrogens with zero attached hydrogens (tertiary/aromatic N) is 2. The van der Waals surface area contributed by atoms with Gasteiger partial charge >= 0.3 is 0 Å². The zero-order valence-corrected chi connectivity index (χ0v) is 20.2. The van der Waals surface area contributed by atoms with Crippen molar-refractivity contribution in [2.24, 2.45) is 5.41 Å². The second kappa shape index (κ2) is 7.42. The molecule has 0 aliphatic carbocycles. The van der Waals surface area contributed by atoms with E-state index in [0.29, 0.717) is 9.82 Å². The summed E-state index contributed by atoms with van der Waals surface area (Å²) in [7, 11) is -6.85. The first-order valence-corrected chi connectivity index (χ1v) is 13.4. The number of nitrogens with one attached hydrogen (secondary N) is 1. The Morgan fingerprint density at radius 3 is 2.53 bits per heavy atom. The van der Waals surface area contributed by atoms with Crippen LogP contribution in [0.15, 0.2) is 41.3 Å². The van der Waals surface area contributed by atoms with E-state index >= 15 is 0 Å². The molecule has 0 spiro atoms. The fraction of sp³-hybridized carbons (Fsp3) is 0.300. The number of hydrogen-bond donors (Lipinski definition) is 1. The fourth-order valence-corrected chi connectivity index (χ4v) is 8.00. The van der Waals surface area contributed by atoms with Crippen LogP contribution in [-0.4, -0.2) is 40.6 Å². The molecule has 1 N–H and O–H groups in total. The summed E-state index contributed by atoms with van der Waals surface area (Å²) >= 11 is 1.17. The number of fused-ring (bicyclic) bond motifs is 1. The number of benzene rings is 2. The maximum absolute atomic E-state index is 13.2. The van der Waals surface area contributed by atoms with E-state index in [1.165, 1.54) is 44.4 Å². The molecule has 0 atom stereocenters. The van der Waals surface area contributed by atoms with Gasteiger partial charge in [-0.15, -0.1) is 0 Å². The van der Waals surface area contributed by atoms with Gasteiger partial charge in [-0.05, 0) is 56.7 Å². The molecule has 1 saturated heterocycles. The lowest BCUT2D eigenvalue weighted by molar-refractivity contribution is -0.123. The highest BCUT2D eigenvalue weighted by Gasteiger charge is 2.50. The molecule has 1 aromatic heterocycles. The number of carbonyl (C=O) groups is 1. The van der Waals surface area contributed by atoms with Crippen molar-refractivity contribution < 1.29 is 26.4 Å². The maximum Gasteiger partial charge on any atom is 0.267 e. The third-order valence-electron chi connectivity index (χ3n) is 5.02. The number of anilines is 2. The predicted molar refractivity (Wildman–Crippen MR) is 123 cm³/mol. The summed E-state index contributed by atoms with van der Waals surface area (Å²) in [6.07, 6.45) is 0. The lowest BCUT2D eigenvalue weighted by Gasteiger charge is -2.19. The number of thiazole rings is 1. The zero-order chi connectivity index (χ0) is 23.5. The lowest BCUT2D eigenvalue weighted by atomic mass is 9.95. The molecule has 1 aliphatic heterocycles. The third kappa shape index (κ3) is 3.82. The molecule has 12 heteroatoms. The Kier molecular flexibility index (Phi) is 5.22. The summed E-state index contributed by atoms with van der Waals surface area (Å²) in [6.45, 7) is 4.99. The molecule has 1 amide bonds. The molecule has 9 nitrogen and oxygen atoms in total. The number of rotatable bonds is 5. The monoisotopic (exact) mass is 495 g/mol. The molecule has 2 aromatic carbocycles. The maximum atomic E-state index is 13.2. The molecule has 4 rings (SSSR count). The molecule has 1 fully saturated rings. The number of aromatic nitrogens is 1. The van der Waals surface area contributed by atoms with Crippen LogP contribution >= 0.6 is 11.3 Å². The normalized spacial score (nSPS) is 17.6. The summed E-state index contributed by atoms with van der Waals surface area (Å²) in [6, 6.07) is 9.36. The number of ether oxygens (including phenoxy) is 1. The van der Waals surface area contributed by atoms with Crippen LogP contribution in [0, 0.1) is 12.3 Å². The lowest BCUT2D eigenvalue weighted by Crippen LogP contribution is -2.33. The summed E-state index contributed by atoms with van der Waals surface area (Å²) < 4.78 is 60.7. The number of aryl methyl sites for hydroxylation is 1. The van der Waals surface area contributed by atoms with Crippen LogP contribution in [0.3, 0.4) is 0 Å². The number of sulfonamides is 2. The minimum absolute atomic E-state index is 0.00140. The Morgan fingerprint density at radius 2 is 1.91 bits per heavy atom. The first-order chi connectivity index (χ1) is 14.8. The van der Waals surface area contributed by atoms with Gasteiger partial charge in [0, 0.05) is 0 Å². The van der Waals surface area contributed by atoms with Gasteiger partial charge in [0.15, 0.2) is 5.13 Å². The van der Waals surface area contributed by atoms with E-state index in [0.717, 1.165) is 16.3 Å². The molecule has 32 heavy (non-hydrogen) atoms. The van der Waals surface area contributed by atoms with E-state index in [1.54, 1.807) is 6.07 Å². The molecule has 0 bridgehead atoms. The number of carbonyl (C=O) groups excluding carboxylic acids is 1. The van der Waals surface area contributed by atoms with Crippen molar-refractivity contribution in [3.8, 4) is 5.75 Å². The minimum atomic E-state index is -4.21. The van der Waals surface area contributed by atoms with Gasteiger partial charge in [-0.3, -0.25) is 9.52 Å². The fourth-order valence-electron chi connectivity index (χ4n) is 3.51. The van der Waals surface area contributed by atoms with Crippen LogP contribution in [0.4, 0.5) is 10.8 Å². The molecule has 0 saturated carbocycles. The number of amides is 1. The highest BCUT2D eigenvalue weighted by molar-refractivity contribution is 7.94. The topological polar surface area (TPSA) is 123 Å². The third-order valence-corrected chi connectivity index (χ3v) is 9.46. The van der Waals surface area contributed by atoms with E-state index in [-0.39, 0.29) is 27.2 Å². The highest BCUT2D eigenvalue weighted by atomic mass is 32.2. The van der Waals surface area contributed by atoms with Crippen molar-refractivity contribution >= 4 is 58.3 Å². The van der Waals surface area contributed by atoms with Gasteiger partial charge in [-0.2, -0.15) is 0 Å². The molecule has 0 radical (unpaired) electrons. The summed E-state index contributed by atoms with van der Waals surface area (Å²) in [4.78, 5) is 16.7. The Labute approximate surface area is 190 Å². The highest BCUT2D eigenvalue weighted by Crippen LogP contribution is 2.39. The summed E-state index contributed by atoms with van der Waals surface area (Å²) in [5, 5.41) is 0.157. The van der Waals surface area contributed by atoms with Crippen molar-refractivity contribution in [1.29, 1.82) is 0 Å². The van der Waals surface area contributed by atoms with Gasteiger partial charge in [-0.25, -0.2) is 26.1 Å². The SMILES string of the molecule is COc1ccc(N2C(=O)C(C)(C)CS2(=O)=O)cc1S(=O)(=O)Nc1nc2ccc(C)cc2s1. The standard InChI is InChI=1S/C20H21N3O6S3/c1-12-5-7-14-16(9-12)30-19(21-14)22-32(27,28)17-10-13(6-8-15(17)29-4)23-18(24)20(2,3)11-31(23,25)26/h5-10H,11H2,1-4H3,(H,21,22). The zero-order valence-electron chi connectivity index (χ0n) is 17.7. The summed E-state index contributed by atoms with van der Waals surface area (Å²) in [5.74, 6) is -0.988. The van der Waals surface area contributed by atoms with Crippen molar-refractivity contribution in [1.82, 2.24) is 4.98 Å². The number of methoxy groups -OCH3 is 1. The van der Waals surface area contributed by atoms with Crippen LogP contribution < -0.4 is 13.8 Å². The van der Waals surface area contributed by atoms with Crippen LogP contribution in [0.5, 0.6) is 5.75 Å². The molecular weight excluding hydrogens is 474 g/mol. The predicted octanol–water partition coefficient (Wildman–Crippen LogP) is 3.12. The average Bonchev–Trinajstić information content (AvgIpc) is 3.14. The van der Waals surface area contributed by atoms with Crippen molar-refractivity contribution in [3.05, 3.63) is 42.0 Å². The molecule has 1 aliphatic rings. The van der Waals surface area contributed by atoms with Gasteiger partial charge in [0.2, 0.25) is 15.9 Å². The van der Waals surface area contributed by atoms with E-state index in [4.69, 9.17) is 4.74 Å². The first kappa shape index (κ1) is 22.5. The minimum Gasteiger partial charge on any atom is -0.495 e. The van der Waals surface area contributed by atoms with Gasteiger partial charge in [-0.1, -0.05) is 17.4 Å². The Balaban J connectivity index is 1.77. The summed E-state index contributed by atoms with van der Waals surface area (Å²) in [5.41, 5.74) is 0.482. The Morgan fingerprint density at radius 1 is 1.19 bits per heavy atom. The Bertz CT molecular complexity index is 1460. The van der Waals surface area contributed by atoms with Crippen molar-refractivity contribution in [2.45, 2.75) is 25.7 Å². The van der Waals surface area contributed by atoms with E-state index in [9.17, 15) is 21.6 Å². The van der Waals surface area contributed by atoms with Gasteiger partial charge in [0.1, 0.15) is 10.6 Å². The average molecular weight is 496 g/mol. The van der Waals surface area contributed by atoms with Crippen LogP contribution in [0.2, 0.25) is 0 Å². The molecular formula is C20H21N3O6S3. The molecule has 2 heterocycles. The number of hydrogen-bond acceptors (Lipinski definition) is 8. The molecule has 0 unspecified atom stereocenters. The first-order valence-electron chi connectivity index (χ1n) is 9.49. The van der Waals surface area contributed by atoms with Crippen LogP contribution in [0.1, 0.15) is 19.4 Å². The van der Waals surface area contributed by atoms with Gasteiger partial charge < -0.3 is 4.74 Å². The van der Waals surface area contributed by atoms with E-state index in [2.05, 4.69) is 9.71 Å². The Hall–Kier alpha value is -2.70. The van der Waals surface area contributed by atoms with E-state index < -0.39 is 31.4 Å². The second-order valence-electron chi connectivity index (χ2n) is 8.14. The van der Waals surface area contributed by atoms with Crippen LogP contribution in [0.25, 0.3) is 10.2 Å². The van der Waals surface area contributed by atoms with Crippen LogP contribution in [-0.2, 0) is 24.8 Å². The smallest absolute Gasteiger partial charge is 0.267 e. The quantitative estimate of drug-likeness (QED) is 0.577.